The molecule has 2 atom stereocenters. The summed E-state index contributed by atoms with van der Waals surface area (Å²) < 4.78 is 0. The molecule has 4 heteroatoms. The van der Waals surface area contributed by atoms with E-state index in [9.17, 15) is 0 Å². The summed E-state index contributed by atoms with van der Waals surface area (Å²) in [6.45, 7) is 17.9. The molecule has 0 radical (unpaired) electrons. The number of hydrogen-bond donors (Lipinski definition) is 2. The molecule has 4 nitrogen and oxygen atoms in total. The van der Waals surface area contributed by atoms with Gasteiger partial charge in [-0.3, -0.25) is 4.99 Å². The second-order valence-corrected chi connectivity index (χ2v) is 7.83. The highest BCUT2D eigenvalue weighted by Crippen LogP contribution is 2.18. The Kier molecular flexibility index (Phi) is 9.61. The zero-order chi connectivity index (χ0) is 17.2. The molecule has 1 fully saturated rings. The average molecular weight is 325 g/mol. The molecular weight excluding hydrogens is 284 g/mol. The van der Waals surface area contributed by atoms with Gasteiger partial charge in [0.15, 0.2) is 5.96 Å². The van der Waals surface area contributed by atoms with Crippen molar-refractivity contribution in [2.75, 3.05) is 26.2 Å². The van der Waals surface area contributed by atoms with Gasteiger partial charge in [0.05, 0.1) is 0 Å². The van der Waals surface area contributed by atoms with Crippen LogP contribution < -0.4 is 10.6 Å². The van der Waals surface area contributed by atoms with Crippen LogP contribution in [0.3, 0.4) is 0 Å². The first-order valence-corrected chi connectivity index (χ1v) is 9.71. The minimum absolute atomic E-state index is 0.480. The van der Waals surface area contributed by atoms with Crippen molar-refractivity contribution in [2.24, 2.45) is 16.8 Å². The predicted molar refractivity (Wildman–Crippen MR) is 102 cm³/mol. The molecule has 0 spiro atoms. The lowest BCUT2D eigenvalue weighted by molar-refractivity contribution is 0.143. The zero-order valence-electron chi connectivity index (χ0n) is 16.4. The van der Waals surface area contributed by atoms with Crippen molar-refractivity contribution in [3.8, 4) is 0 Å². The molecule has 1 aliphatic heterocycles. The van der Waals surface area contributed by atoms with E-state index in [2.05, 4.69) is 57.1 Å². The lowest BCUT2D eigenvalue weighted by Gasteiger charge is -2.35. The molecule has 23 heavy (non-hydrogen) atoms. The molecule has 1 saturated heterocycles. The van der Waals surface area contributed by atoms with Crippen LogP contribution in [-0.2, 0) is 0 Å². The fourth-order valence-corrected chi connectivity index (χ4v) is 3.14. The maximum absolute atomic E-state index is 4.87. The van der Waals surface area contributed by atoms with E-state index >= 15 is 0 Å². The quantitative estimate of drug-likeness (QED) is 0.530. The minimum atomic E-state index is 0.480. The van der Waals surface area contributed by atoms with Crippen LogP contribution in [0.2, 0.25) is 0 Å². The molecule has 136 valence electrons. The van der Waals surface area contributed by atoms with E-state index in [0.717, 1.165) is 25.0 Å². The van der Waals surface area contributed by atoms with Gasteiger partial charge in [-0.05, 0) is 71.8 Å². The number of nitrogens with zero attached hydrogens (tertiary/aromatic N) is 2. The number of hydrogen-bond acceptors (Lipinski definition) is 2. The topological polar surface area (TPSA) is 39.7 Å². The molecule has 0 aromatic rings. The van der Waals surface area contributed by atoms with Crippen LogP contribution in [0.4, 0.5) is 0 Å². The van der Waals surface area contributed by atoms with Gasteiger partial charge in [-0.2, -0.15) is 0 Å². The average Bonchev–Trinajstić information content (AvgIpc) is 2.51. The van der Waals surface area contributed by atoms with Crippen molar-refractivity contribution in [3.05, 3.63) is 0 Å². The van der Waals surface area contributed by atoms with Gasteiger partial charge >= 0.3 is 0 Å². The Morgan fingerprint density at radius 1 is 1.17 bits per heavy atom. The van der Waals surface area contributed by atoms with Gasteiger partial charge in [-0.25, -0.2) is 0 Å². The van der Waals surface area contributed by atoms with E-state index < -0.39 is 0 Å². The highest BCUT2D eigenvalue weighted by atomic mass is 15.2. The van der Waals surface area contributed by atoms with Gasteiger partial charge in [0.25, 0.3) is 0 Å². The second kappa shape index (κ2) is 10.9. The molecule has 2 unspecified atom stereocenters. The van der Waals surface area contributed by atoms with Crippen LogP contribution in [0, 0.1) is 11.8 Å². The van der Waals surface area contributed by atoms with Crippen molar-refractivity contribution in [1.82, 2.24) is 15.5 Å². The molecule has 0 aromatic heterocycles. The Morgan fingerprint density at radius 3 is 2.52 bits per heavy atom. The summed E-state index contributed by atoms with van der Waals surface area (Å²) in [6, 6.07) is 1.14. The van der Waals surface area contributed by atoms with E-state index in [0.29, 0.717) is 18.0 Å². The lowest BCUT2D eigenvalue weighted by Crippen LogP contribution is -2.44. The van der Waals surface area contributed by atoms with Crippen LogP contribution >= 0.6 is 0 Å². The zero-order valence-corrected chi connectivity index (χ0v) is 16.4. The van der Waals surface area contributed by atoms with E-state index in [1.807, 2.05) is 0 Å². The minimum Gasteiger partial charge on any atom is -0.357 e. The SMILES string of the molecule is CCNC(=NCC1CCCN(C(C)C)C1)NC(C)CCC(C)C. The molecule has 0 amide bonds. The van der Waals surface area contributed by atoms with E-state index in [-0.39, 0.29) is 0 Å². The molecule has 0 bridgehead atoms. The monoisotopic (exact) mass is 324 g/mol. The lowest BCUT2D eigenvalue weighted by atomic mass is 9.97. The first-order valence-electron chi connectivity index (χ1n) is 9.71. The van der Waals surface area contributed by atoms with Gasteiger partial charge in [0.1, 0.15) is 0 Å². The van der Waals surface area contributed by atoms with E-state index in [1.54, 1.807) is 0 Å². The molecule has 0 aromatic carbocycles. The molecule has 1 rings (SSSR count). The highest BCUT2D eigenvalue weighted by Gasteiger charge is 2.21. The van der Waals surface area contributed by atoms with Crippen LogP contribution in [0.5, 0.6) is 0 Å². The standard InChI is InChI=1S/C19H40N4/c1-7-20-19(22-17(6)11-10-15(2)3)21-13-18-9-8-12-23(14-18)16(4)5/h15-18H,7-14H2,1-6H3,(H2,20,21,22). The first kappa shape index (κ1) is 20.3. The molecule has 0 aliphatic carbocycles. The fraction of sp³-hybridized carbons (Fsp3) is 0.947. The number of aliphatic imine (C=N–C) groups is 1. The Morgan fingerprint density at radius 2 is 1.91 bits per heavy atom. The Labute approximate surface area is 144 Å². The van der Waals surface area contributed by atoms with E-state index in [1.165, 1.54) is 38.8 Å². The van der Waals surface area contributed by atoms with Crippen LogP contribution in [0.1, 0.15) is 67.2 Å². The number of guanidine groups is 1. The Bertz CT molecular complexity index is 338. The third-order valence-electron chi connectivity index (χ3n) is 4.69. The van der Waals surface area contributed by atoms with Gasteiger partial charge in [0.2, 0.25) is 0 Å². The number of nitrogens with one attached hydrogen (secondary N) is 2. The van der Waals surface area contributed by atoms with Gasteiger partial charge in [0, 0.05) is 31.7 Å². The summed E-state index contributed by atoms with van der Waals surface area (Å²) in [5.41, 5.74) is 0. The van der Waals surface area contributed by atoms with Crippen LogP contribution in [-0.4, -0.2) is 49.1 Å². The summed E-state index contributed by atoms with van der Waals surface area (Å²) in [4.78, 5) is 7.46. The normalized spacial score (nSPS) is 21.7. The summed E-state index contributed by atoms with van der Waals surface area (Å²) in [7, 11) is 0. The molecule has 0 saturated carbocycles. The van der Waals surface area contributed by atoms with Crippen molar-refractivity contribution in [1.29, 1.82) is 0 Å². The van der Waals surface area contributed by atoms with Gasteiger partial charge in [-0.1, -0.05) is 13.8 Å². The first-order chi connectivity index (χ1) is 10.9. The number of piperidine rings is 1. The second-order valence-electron chi connectivity index (χ2n) is 7.83. The van der Waals surface area contributed by atoms with Crippen molar-refractivity contribution < 1.29 is 0 Å². The van der Waals surface area contributed by atoms with Crippen LogP contribution in [0.15, 0.2) is 4.99 Å². The molecular formula is C19H40N4. The third-order valence-corrected chi connectivity index (χ3v) is 4.69. The molecule has 2 N–H and O–H groups in total. The summed E-state index contributed by atoms with van der Waals surface area (Å²) in [5, 5.41) is 6.97. The molecule has 1 heterocycles. The number of rotatable bonds is 8. The van der Waals surface area contributed by atoms with Crippen LogP contribution in [0.25, 0.3) is 0 Å². The Hall–Kier alpha value is -0.770. The smallest absolute Gasteiger partial charge is 0.191 e. The third kappa shape index (κ3) is 8.59. The molecule has 1 aliphatic rings. The predicted octanol–water partition coefficient (Wildman–Crippen LogP) is 3.49. The summed E-state index contributed by atoms with van der Waals surface area (Å²) in [6.07, 6.45) is 5.09. The van der Waals surface area contributed by atoms with Crippen molar-refractivity contribution >= 4 is 5.96 Å². The van der Waals surface area contributed by atoms with E-state index in [4.69, 9.17) is 4.99 Å². The van der Waals surface area contributed by atoms with Crippen molar-refractivity contribution in [2.45, 2.75) is 79.3 Å². The fourth-order valence-electron chi connectivity index (χ4n) is 3.14. The highest BCUT2D eigenvalue weighted by molar-refractivity contribution is 5.80. The van der Waals surface area contributed by atoms with Gasteiger partial charge < -0.3 is 15.5 Å². The van der Waals surface area contributed by atoms with Gasteiger partial charge in [-0.15, -0.1) is 0 Å². The maximum Gasteiger partial charge on any atom is 0.191 e. The summed E-state index contributed by atoms with van der Waals surface area (Å²) in [5.74, 6) is 2.46. The Balaban J connectivity index is 2.47. The largest absolute Gasteiger partial charge is 0.357 e. The number of likely N-dealkylation sites (tertiary alicyclic amines) is 1. The van der Waals surface area contributed by atoms with Crippen molar-refractivity contribution in [3.63, 3.8) is 0 Å². The summed E-state index contributed by atoms with van der Waals surface area (Å²) >= 11 is 0. The maximum atomic E-state index is 4.87.